The monoisotopic (exact) mass is 590 g/mol. The fourth-order valence-electron chi connectivity index (χ4n) is 5.00. The van der Waals surface area contributed by atoms with Crippen LogP contribution in [-0.4, -0.2) is 35.6 Å². The van der Waals surface area contributed by atoms with Crippen molar-refractivity contribution in [2.24, 2.45) is 0 Å². The van der Waals surface area contributed by atoms with Crippen LogP contribution in [0.15, 0.2) is 97.1 Å². The molecule has 0 aliphatic rings. The van der Waals surface area contributed by atoms with E-state index < -0.39 is 11.9 Å². The molecule has 5 rings (SSSR count). The molecule has 0 spiro atoms. The SMILES string of the molecule is CCCCOc1ccc(C(=O)Nc2ccccc2C(=O)Oc2ccc3c(c2)c(C(=O)OCC)c(C)n3-c2ccccc2)cc1. The summed E-state index contributed by atoms with van der Waals surface area (Å²) in [6, 6.07) is 28.3. The van der Waals surface area contributed by atoms with Crippen molar-refractivity contribution in [3.63, 3.8) is 0 Å². The molecule has 8 heteroatoms. The lowest BCUT2D eigenvalue weighted by atomic mass is 10.1. The van der Waals surface area contributed by atoms with Crippen molar-refractivity contribution < 1.29 is 28.6 Å². The number of rotatable bonds is 11. The number of nitrogens with one attached hydrogen (secondary N) is 1. The number of benzene rings is 4. The summed E-state index contributed by atoms with van der Waals surface area (Å²) in [5, 5.41) is 3.41. The average Bonchev–Trinajstić information content (AvgIpc) is 3.33. The van der Waals surface area contributed by atoms with Crippen LogP contribution >= 0.6 is 0 Å². The van der Waals surface area contributed by atoms with Crippen LogP contribution in [0.25, 0.3) is 16.6 Å². The zero-order valence-electron chi connectivity index (χ0n) is 25.0. The Morgan fingerprint density at radius 3 is 2.23 bits per heavy atom. The first-order valence-corrected chi connectivity index (χ1v) is 14.6. The zero-order valence-corrected chi connectivity index (χ0v) is 25.0. The summed E-state index contributed by atoms with van der Waals surface area (Å²) in [5.74, 6) is -0.545. The highest BCUT2D eigenvalue weighted by atomic mass is 16.5. The van der Waals surface area contributed by atoms with Crippen molar-refractivity contribution in [2.75, 3.05) is 18.5 Å². The van der Waals surface area contributed by atoms with Crippen LogP contribution in [0, 0.1) is 6.92 Å². The Morgan fingerprint density at radius 1 is 0.795 bits per heavy atom. The van der Waals surface area contributed by atoms with Crippen LogP contribution in [0.5, 0.6) is 11.5 Å². The summed E-state index contributed by atoms with van der Waals surface area (Å²) in [5.41, 5.74) is 3.69. The van der Waals surface area contributed by atoms with Crippen molar-refractivity contribution in [3.05, 3.63) is 119 Å². The van der Waals surface area contributed by atoms with Crippen LogP contribution in [0.4, 0.5) is 5.69 Å². The molecular formula is C36H34N2O6. The number of hydrogen-bond donors (Lipinski definition) is 1. The van der Waals surface area contributed by atoms with Gasteiger partial charge >= 0.3 is 11.9 Å². The molecule has 5 aromatic rings. The van der Waals surface area contributed by atoms with Crippen molar-refractivity contribution in [3.8, 4) is 17.2 Å². The molecule has 0 saturated carbocycles. The largest absolute Gasteiger partial charge is 0.494 e. The molecule has 44 heavy (non-hydrogen) atoms. The van der Waals surface area contributed by atoms with Crippen LogP contribution in [0.3, 0.4) is 0 Å². The number of fused-ring (bicyclic) bond motifs is 1. The maximum absolute atomic E-state index is 13.4. The summed E-state index contributed by atoms with van der Waals surface area (Å²) in [4.78, 5) is 39.4. The lowest BCUT2D eigenvalue weighted by molar-refractivity contribution is 0.0527. The number of amides is 1. The number of unbranched alkanes of at least 4 members (excludes halogenated alkanes) is 1. The first kappa shape index (κ1) is 30.1. The predicted octanol–water partition coefficient (Wildman–Crippen LogP) is 7.77. The highest BCUT2D eigenvalue weighted by Crippen LogP contribution is 2.33. The molecule has 0 radical (unpaired) electrons. The minimum absolute atomic E-state index is 0.184. The number of hydrogen-bond acceptors (Lipinski definition) is 6. The number of nitrogens with zero attached hydrogens (tertiary/aromatic N) is 1. The van der Waals surface area contributed by atoms with E-state index in [9.17, 15) is 14.4 Å². The number of ether oxygens (including phenoxy) is 3. The Hall–Kier alpha value is -5.37. The normalized spacial score (nSPS) is 10.8. The standard InChI is InChI=1S/C36H34N2O6/c1-4-6-22-43-27-18-16-25(17-19-27)34(39)37-31-15-11-10-14-29(31)35(40)44-28-20-21-32-30(23-28)33(36(41)42-5-2)24(3)38(32)26-12-8-7-9-13-26/h7-21,23H,4-6,22H2,1-3H3,(H,37,39). The first-order chi connectivity index (χ1) is 21.4. The Labute approximate surface area is 256 Å². The molecule has 0 aliphatic heterocycles. The second-order valence-electron chi connectivity index (χ2n) is 10.1. The molecule has 0 atom stereocenters. The smallest absolute Gasteiger partial charge is 0.345 e. The lowest BCUT2D eigenvalue weighted by Gasteiger charge is -2.12. The van der Waals surface area contributed by atoms with Gasteiger partial charge in [0.15, 0.2) is 0 Å². The highest BCUT2D eigenvalue weighted by molar-refractivity contribution is 6.09. The highest BCUT2D eigenvalue weighted by Gasteiger charge is 2.23. The number of carbonyl (C=O) groups is 3. The van der Waals surface area contributed by atoms with E-state index in [1.54, 1.807) is 67.6 Å². The number of para-hydroxylation sites is 2. The van der Waals surface area contributed by atoms with Crippen LogP contribution in [-0.2, 0) is 4.74 Å². The summed E-state index contributed by atoms with van der Waals surface area (Å²) >= 11 is 0. The third kappa shape index (κ3) is 6.49. The molecule has 8 nitrogen and oxygen atoms in total. The molecule has 224 valence electrons. The topological polar surface area (TPSA) is 95.9 Å². The van der Waals surface area contributed by atoms with E-state index >= 15 is 0 Å². The van der Waals surface area contributed by atoms with E-state index in [4.69, 9.17) is 14.2 Å². The third-order valence-corrected chi connectivity index (χ3v) is 7.16. The maximum Gasteiger partial charge on any atom is 0.345 e. The van der Waals surface area contributed by atoms with E-state index in [0.717, 1.165) is 24.0 Å². The summed E-state index contributed by atoms with van der Waals surface area (Å²) in [7, 11) is 0. The van der Waals surface area contributed by atoms with Crippen LogP contribution < -0.4 is 14.8 Å². The average molecular weight is 591 g/mol. The Bertz CT molecular complexity index is 1790. The van der Waals surface area contributed by atoms with E-state index in [1.165, 1.54) is 0 Å². The Morgan fingerprint density at radius 2 is 1.50 bits per heavy atom. The van der Waals surface area contributed by atoms with Crippen LogP contribution in [0.1, 0.15) is 63.5 Å². The molecule has 1 N–H and O–H groups in total. The molecule has 0 bridgehead atoms. The Balaban J connectivity index is 1.40. The van der Waals surface area contributed by atoms with Gasteiger partial charge < -0.3 is 24.1 Å². The molecule has 1 aromatic heterocycles. The predicted molar refractivity (Wildman–Crippen MR) is 170 cm³/mol. The molecule has 1 amide bonds. The first-order valence-electron chi connectivity index (χ1n) is 14.6. The number of aromatic nitrogens is 1. The fourth-order valence-corrected chi connectivity index (χ4v) is 5.00. The number of anilines is 1. The van der Waals surface area contributed by atoms with Gasteiger partial charge in [0.2, 0.25) is 0 Å². The van der Waals surface area contributed by atoms with E-state index in [0.29, 0.717) is 40.3 Å². The summed E-state index contributed by atoms with van der Waals surface area (Å²) in [6.07, 6.45) is 1.99. The van der Waals surface area contributed by atoms with Gasteiger partial charge in [-0.2, -0.15) is 0 Å². The van der Waals surface area contributed by atoms with Crippen molar-refractivity contribution in [1.82, 2.24) is 4.57 Å². The molecule has 0 aliphatic carbocycles. The van der Waals surface area contributed by atoms with Crippen molar-refractivity contribution in [2.45, 2.75) is 33.6 Å². The summed E-state index contributed by atoms with van der Waals surface area (Å²) in [6.45, 7) is 6.55. The number of esters is 2. The second-order valence-corrected chi connectivity index (χ2v) is 10.1. The van der Waals surface area contributed by atoms with Crippen molar-refractivity contribution >= 4 is 34.4 Å². The Kier molecular flexibility index (Phi) is 9.40. The van der Waals surface area contributed by atoms with Gasteiger partial charge in [0.05, 0.1) is 35.5 Å². The van der Waals surface area contributed by atoms with Gasteiger partial charge in [-0.25, -0.2) is 9.59 Å². The molecular weight excluding hydrogens is 556 g/mol. The van der Waals surface area contributed by atoms with Gasteiger partial charge in [-0.3, -0.25) is 4.79 Å². The van der Waals surface area contributed by atoms with Gasteiger partial charge in [0, 0.05) is 22.3 Å². The van der Waals surface area contributed by atoms with E-state index in [2.05, 4.69) is 12.2 Å². The molecule has 0 saturated heterocycles. The minimum atomic E-state index is -0.656. The summed E-state index contributed by atoms with van der Waals surface area (Å²) < 4.78 is 18.8. The molecule has 4 aromatic carbocycles. The van der Waals surface area contributed by atoms with Gasteiger partial charge in [0.25, 0.3) is 5.91 Å². The zero-order chi connectivity index (χ0) is 31.1. The van der Waals surface area contributed by atoms with Gasteiger partial charge in [-0.15, -0.1) is 0 Å². The third-order valence-electron chi connectivity index (χ3n) is 7.16. The second kappa shape index (κ2) is 13.7. The minimum Gasteiger partial charge on any atom is -0.494 e. The maximum atomic E-state index is 13.4. The molecule has 0 unspecified atom stereocenters. The quantitative estimate of drug-likeness (QED) is 0.0959. The number of carbonyl (C=O) groups excluding carboxylic acids is 3. The fraction of sp³-hybridized carbons (Fsp3) is 0.194. The van der Waals surface area contributed by atoms with Crippen molar-refractivity contribution in [1.29, 1.82) is 0 Å². The van der Waals surface area contributed by atoms with Gasteiger partial charge in [-0.1, -0.05) is 43.7 Å². The van der Waals surface area contributed by atoms with E-state index in [1.807, 2.05) is 47.9 Å². The van der Waals surface area contributed by atoms with Crippen LogP contribution in [0.2, 0.25) is 0 Å². The lowest BCUT2D eigenvalue weighted by Crippen LogP contribution is -2.17. The molecule has 0 fully saturated rings. The molecule has 1 heterocycles. The van der Waals surface area contributed by atoms with Gasteiger partial charge in [0.1, 0.15) is 11.5 Å². The van der Waals surface area contributed by atoms with E-state index in [-0.39, 0.29) is 23.8 Å². The van der Waals surface area contributed by atoms with Gasteiger partial charge in [-0.05, 0) is 87.0 Å².